The van der Waals surface area contributed by atoms with Crippen LogP contribution in [0.15, 0.2) is 24.3 Å². The van der Waals surface area contributed by atoms with Crippen LogP contribution in [0.25, 0.3) is 0 Å². The van der Waals surface area contributed by atoms with Crippen molar-refractivity contribution in [1.29, 1.82) is 0 Å². The van der Waals surface area contributed by atoms with Crippen LogP contribution in [0.2, 0.25) is 0 Å². The second kappa shape index (κ2) is 7.57. The summed E-state index contributed by atoms with van der Waals surface area (Å²) >= 11 is 0. The lowest BCUT2D eigenvalue weighted by Gasteiger charge is -2.35. The first-order valence-electron chi connectivity index (χ1n) is 7.76. The van der Waals surface area contributed by atoms with Crippen molar-refractivity contribution in [2.45, 2.75) is 32.7 Å². The van der Waals surface area contributed by atoms with Gasteiger partial charge in [0, 0.05) is 19.1 Å². The first-order valence-corrected chi connectivity index (χ1v) is 7.76. The number of benzene rings is 1. The quantitative estimate of drug-likeness (QED) is 0.839. The Morgan fingerprint density at radius 1 is 1.33 bits per heavy atom. The molecule has 0 aliphatic carbocycles. The fourth-order valence-electron chi connectivity index (χ4n) is 3.07. The van der Waals surface area contributed by atoms with Gasteiger partial charge in [-0.05, 0) is 38.2 Å². The molecule has 0 aromatic heterocycles. The van der Waals surface area contributed by atoms with Crippen molar-refractivity contribution in [3.63, 3.8) is 0 Å². The smallest absolute Gasteiger partial charge is 0.320 e. The van der Waals surface area contributed by atoms with Gasteiger partial charge in [-0.25, -0.2) is 0 Å². The van der Waals surface area contributed by atoms with E-state index in [4.69, 9.17) is 10.5 Å². The second-order valence-corrected chi connectivity index (χ2v) is 6.05. The maximum absolute atomic E-state index is 11.6. The van der Waals surface area contributed by atoms with E-state index in [1.807, 2.05) is 6.92 Å². The fraction of sp³-hybridized carbons (Fsp3) is 0.588. The van der Waals surface area contributed by atoms with E-state index in [2.05, 4.69) is 36.1 Å². The molecule has 1 fully saturated rings. The largest absolute Gasteiger partial charge is 0.465 e. The van der Waals surface area contributed by atoms with Crippen molar-refractivity contribution < 1.29 is 9.53 Å². The minimum Gasteiger partial charge on any atom is -0.465 e. The number of hydrogen-bond donors (Lipinski definition) is 1. The highest BCUT2D eigenvalue weighted by atomic mass is 16.5. The number of hydrogen-bond acceptors (Lipinski definition) is 4. The molecule has 0 amide bonds. The van der Waals surface area contributed by atoms with Crippen molar-refractivity contribution in [3.05, 3.63) is 35.4 Å². The summed E-state index contributed by atoms with van der Waals surface area (Å²) < 4.78 is 5.03. The van der Waals surface area contributed by atoms with E-state index in [1.165, 1.54) is 11.1 Å². The van der Waals surface area contributed by atoms with Crippen molar-refractivity contribution in [3.8, 4) is 0 Å². The number of rotatable bonds is 5. The molecule has 1 aliphatic heterocycles. The first-order chi connectivity index (χ1) is 10.1. The van der Waals surface area contributed by atoms with Crippen LogP contribution in [-0.2, 0) is 16.0 Å². The van der Waals surface area contributed by atoms with Crippen LogP contribution < -0.4 is 5.73 Å². The van der Waals surface area contributed by atoms with E-state index in [9.17, 15) is 4.79 Å². The summed E-state index contributed by atoms with van der Waals surface area (Å²) in [7, 11) is 0. The molecule has 2 rings (SSSR count). The highest BCUT2D eigenvalue weighted by Crippen LogP contribution is 2.20. The zero-order valence-electron chi connectivity index (χ0n) is 13.0. The maximum atomic E-state index is 11.6. The summed E-state index contributed by atoms with van der Waals surface area (Å²) in [6.45, 7) is 6.42. The Morgan fingerprint density at radius 2 is 2.05 bits per heavy atom. The van der Waals surface area contributed by atoms with Crippen LogP contribution in [0.4, 0.5) is 0 Å². The van der Waals surface area contributed by atoms with Crippen molar-refractivity contribution in [2.75, 3.05) is 26.2 Å². The standard InChI is InChI=1S/C17H26N2O2/c1-3-21-17(20)12-19-10-15(9-16(18)11-19)8-14-6-4-13(2)5-7-14/h4-7,15-16H,3,8-12,18H2,1-2H3. The lowest BCUT2D eigenvalue weighted by atomic mass is 9.89. The third-order valence-electron chi connectivity index (χ3n) is 3.95. The highest BCUT2D eigenvalue weighted by molar-refractivity contribution is 5.71. The van der Waals surface area contributed by atoms with Crippen LogP contribution in [-0.4, -0.2) is 43.2 Å². The molecule has 4 heteroatoms. The van der Waals surface area contributed by atoms with Crippen LogP contribution >= 0.6 is 0 Å². The minimum atomic E-state index is -0.152. The van der Waals surface area contributed by atoms with Gasteiger partial charge in [-0.2, -0.15) is 0 Å². The number of ether oxygens (including phenoxy) is 1. The molecule has 21 heavy (non-hydrogen) atoms. The third kappa shape index (κ3) is 5.14. The SMILES string of the molecule is CCOC(=O)CN1CC(N)CC(Cc2ccc(C)cc2)C1. The molecular weight excluding hydrogens is 264 g/mol. The average Bonchev–Trinajstić information content (AvgIpc) is 2.41. The molecule has 4 nitrogen and oxygen atoms in total. The molecule has 2 unspecified atom stereocenters. The number of piperidine rings is 1. The fourth-order valence-corrected chi connectivity index (χ4v) is 3.07. The van der Waals surface area contributed by atoms with Crippen molar-refractivity contribution in [2.24, 2.45) is 11.7 Å². The Morgan fingerprint density at radius 3 is 2.71 bits per heavy atom. The van der Waals surface area contributed by atoms with E-state index >= 15 is 0 Å². The van der Waals surface area contributed by atoms with Crippen LogP contribution in [0, 0.1) is 12.8 Å². The van der Waals surface area contributed by atoms with Crippen LogP contribution in [0.3, 0.4) is 0 Å². The van der Waals surface area contributed by atoms with Crippen molar-refractivity contribution in [1.82, 2.24) is 4.90 Å². The van der Waals surface area contributed by atoms with Gasteiger partial charge in [0.25, 0.3) is 0 Å². The van der Waals surface area contributed by atoms with Gasteiger partial charge in [0.15, 0.2) is 0 Å². The molecule has 2 N–H and O–H groups in total. The lowest BCUT2D eigenvalue weighted by Crippen LogP contribution is -2.49. The van der Waals surface area contributed by atoms with Gasteiger partial charge in [-0.3, -0.25) is 9.69 Å². The van der Waals surface area contributed by atoms with Gasteiger partial charge in [0.1, 0.15) is 0 Å². The van der Waals surface area contributed by atoms with Crippen molar-refractivity contribution >= 4 is 5.97 Å². The van der Waals surface area contributed by atoms with Gasteiger partial charge in [0.05, 0.1) is 13.2 Å². The van der Waals surface area contributed by atoms with Gasteiger partial charge < -0.3 is 10.5 Å². The summed E-state index contributed by atoms with van der Waals surface area (Å²) in [4.78, 5) is 13.7. The van der Waals surface area contributed by atoms with E-state index < -0.39 is 0 Å². The molecule has 1 aromatic carbocycles. The number of likely N-dealkylation sites (tertiary alicyclic amines) is 1. The Balaban J connectivity index is 1.90. The molecule has 1 aliphatic rings. The Kier molecular flexibility index (Phi) is 5.76. The second-order valence-electron chi connectivity index (χ2n) is 6.05. The Labute approximate surface area is 127 Å². The molecule has 0 saturated carbocycles. The van der Waals surface area contributed by atoms with Crippen LogP contribution in [0.1, 0.15) is 24.5 Å². The maximum Gasteiger partial charge on any atom is 0.320 e. The molecule has 0 radical (unpaired) electrons. The molecule has 1 heterocycles. The molecule has 0 bridgehead atoms. The summed E-state index contributed by atoms with van der Waals surface area (Å²) in [5, 5.41) is 0. The van der Waals surface area contributed by atoms with Gasteiger partial charge in [-0.15, -0.1) is 0 Å². The first kappa shape index (κ1) is 16.0. The molecule has 1 aromatic rings. The Hall–Kier alpha value is -1.39. The predicted molar refractivity (Wildman–Crippen MR) is 84.0 cm³/mol. The number of carbonyl (C=O) groups excluding carboxylic acids is 1. The Bertz CT molecular complexity index is 458. The average molecular weight is 290 g/mol. The number of carbonyl (C=O) groups is 1. The number of aryl methyl sites for hydroxylation is 1. The minimum absolute atomic E-state index is 0.142. The predicted octanol–water partition coefficient (Wildman–Crippen LogP) is 1.75. The van der Waals surface area contributed by atoms with Gasteiger partial charge >= 0.3 is 5.97 Å². The normalized spacial score (nSPS) is 23.0. The summed E-state index contributed by atoms with van der Waals surface area (Å²) in [5.74, 6) is 0.353. The molecule has 1 saturated heterocycles. The zero-order valence-corrected chi connectivity index (χ0v) is 13.0. The van der Waals surface area contributed by atoms with Gasteiger partial charge in [-0.1, -0.05) is 29.8 Å². The summed E-state index contributed by atoms with van der Waals surface area (Å²) in [6.07, 6.45) is 2.04. The van der Waals surface area contributed by atoms with Crippen LogP contribution in [0.5, 0.6) is 0 Å². The summed E-state index contributed by atoms with van der Waals surface area (Å²) in [5.41, 5.74) is 8.77. The molecule has 2 atom stereocenters. The molecule has 0 spiro atoms. The number of nitrogens with zero attached hydrogens (tertiary/aromatic N) is 1. The third-order valence-corrected chi connectivity index (χ3v) is 3.95. The lowest BCUT2D eigenvalue weighted by molar-refractivity contribution is -0.144. The topological polar surface area (TPSA) is 55.6 Å². The van der Waals surface area contributed by atoms with E-state index in [0.717, 1.165) is 25.9 Å². The monoisotopic (exact) mass is 290 g/mol. The zero-order chi connectivity index (χ0) is 15.2. The van der Waals surface area contributed by atoms with Gasteiger partial charge in [0.2, 0.25) is 0 Å². The molecular formula is C17H26N2O2. The van der Waals surface area contributed by atoms with E-state index in [1.54, 1.807) is 0 Å². The molecule has 116 valence electrons. The highest BCUT2D eigenvalue weighted by Gasteiger charge is 2.26. The summed E-state index contributed by atoms with van der Waals surface area (Å²) in [6, 6.07) is 8.81. The van der Waals surface area contributed by atoms with E-state index in [-0.39, 0.29) is 12.0 Å². The van der Waals surface area contributed by atoms with E-state index in [0.29, 0.717) is 19.1 Å². The number of nitrogens with two attached hydrogens (primary N) is 1. The number of esters is 1.